The van der Waals surface area contributed by atoms with Gasteiger partial charge in [0.15, 0.2) is 24.8 Å². The van der Waals surface area contributed by atoms with E-state index in [9.17, 15) is 47.9 Å². The minimum Gasteiger partial charge on any atom is -0.480 e. The molecule has 12 saturated carbocycles. The summed E-state index contributed by atoms with van der Waals surface area (Å²) in [5, 5.41) is 9.93. The quantitative estimate of drug-likeness (QED) is 0.0586. The van der Waals surface area contributed by atoms with Crippen molar-refractivity contribution in [3.63, 3.8) is 0 Å². The van der Waals surface area contributed by atoms with E-state index in [-0.39, 0.29) is 57.3 Å². The van der Waals surface area contributed by atoms with Gasteiger partial charge in [-0.15, -0.1) is 0 Å². The Morgan fingerprint density at radius 3 is 0.849 bits per heavy atom. The lowest BCUT2D eigenvalue weighted by atomic mass is 9.51. The van der Waals surface area contributed by atoms with Gasteiger partial charge in [-0.1, -0.05) is 144 Å². The van der Waals surface area contributed by atoms with Gasteiger partial charge in [0, 0.05) is 59.2 Å². The van der Waals surface area contributed by atoms with Gasteiger partial charge in [-0.2, -0.15) is 0 Å². The van der Waals surface area contributed by atoms with Crippen LogP contribution in [0, 0.1) is 21.7 Å². The standard InChI is InChI=1S/2C26H34BrNO5.2C16H18Br2O.C10H17NO4/c1-24(2,3)33-23(31)28-15-5-8-20(28)22(30)32-17-21(29)26-12-9-25(10-13-26,11-14-26)18-6-4-7-19(27)16-18;1-24(2,3)33-23(31)28-16-4-5-20(28)22(30)32-17-21(29)26-13-10-25(11-14-26,12-15-26)18-6-8-19(27)9-7-18;17-11-14(19)16-8-5-15(6-9-16,7-10-16)12-1-3-13(18)4-2-12;17-11-14(19)16-7-4-15(5-8-16,6-9-16)12-2-1-3-13(18)10-12;1-10(2,3)15-9(14)11-6-4-5-7(11)8(12)13/h4,6-7,16,20H,5,8-15,17H2,1-3H3;6-9,20H,4-5,10-17H2,1-3H3;1-4H,5-11H2;1-3,10H,4-9,11H2;7H,4-6H2,1-3H3,(H,12,13)/t2*20-,25?,26?;;;7-/m00..0/s1. The number of fused-ring (bicyclic) bond motifs is 12. The number of Topliss-reactive ketones (excluding diaryl/α,β-unsaturated/α-hetero) is 4. The molecule has 4 aromatic carbocycles. The van der Waals surface area contributed by atoms with Crippen LogP contribution in [0.4, 0.5) is 14.4 Å². The van der Waals surface area contributed by atoms with E-state index in [0.717, 1.165) is 142 Å². The first kappa shape index (κ1) is 94.3. The zero-order valence-corrected chi connectivity index (χ0v) is 80.3. The molecule has 19 nitrogen and oxygen atoms in total. The summed E-state index contributed by atoms with van der Waals surface area (Å²) < 4.78 is 31.4. The first-order valence-electron chi connectivity index (χ1n) is 42.9. The van der Waals surface area contributed by atoms with E-state index < -0.39 is 71.1 Å². The van der Waals surface area contributed by atoms with E-state index in [1.165, 1.54) is 80.0 Å². The lowest BCUT2D eigenvalue weighted by molar-refractivity contribution is -0.157. The average Bonchev–Trinajstić information content (AvgIpc) is 1.02. The van der Waals surface area contributed by atoms with E-state index in [1.807, 2.05) is 6.07 Å². The lowest BCUT2D eigenvalue weighted by Gasteiger charge is -2.53. The van der Waals surface area contributed by atoms with Gasteiger partial charge in [0.2, 0.25) is 0 Å². The maximum atomic E-state index is 13.2. The van der Waals surface area contributed by atoms with Crippen molar-refractivity contribution in [3.05, 3.63) is 137 Å². The number of carbonyl (C=O) groups excluding carboxylic acids is 9. The number of nitrogens with zero attached hydrogens (tertiary/aromatic N) is 3. The van der Waals surface area contributed by atoms with Crippen LogP contribution in [0.25, 0.3) is 0 Å². The predicted octanol–water partition coefficient (Wildman–Crippen LogP) is 22.6. The minimum absolute atomic E-state index is 0.000609. The second kappa shape index (κ2) is 38.6. The van der Waals surface area contributed by atoms with Gasteiger partial charge < -0.3 is 28.8 Å². The summed E-state index contributed by atoms with van der Waals surface area (Å²) in [6, 6.07) is 32.6. The van der Waals surface area contributed by atoms with Crippen LogP contribution in [-0.2, 0) is 78.9 Å². The second-order valence-corrected chi connectivity index (χ2v) is 43.6. The molecule has 19 rings (SSSR count). The minimum atomic E-state index is -0.960. The van der Waals surface area contributed by atoms with Crippen molar-refractivity contribution in [1.82, 2.24) is 14.7 Å². The molecule has 1 N–H and O–H groups in total. The molecule has 3 heterocycles. The summed E-state index contributed by atoms with van der Waals surface area (Å²) in [6.45, 7) is 17.0. The summed E-state index contributed by atoms with van der Waals surface area (Å²) >= 11 is 20.9. The maximum absolute atomic E-state index is 13.2. The number of carboxylic acids is 1. The van der Waals surface area contributed by atoms with Gasteiger partial charge in [0.25, 0.3) is 0 Å². The lowest BCUT2D eigenvalue weighted by Crippen LogP contribution is -2.49. The topological polar surface area (TPSA) is 247 Å². The Kier molecular flexibility index (Phi) is 30.6. The molecule has 4 aromatic rings. The van der Waals surface area contributed by atoms with Crippen LogP contribution in [0.15, 0.2) is 115 Å². The molecule has 25 heteroatoms. The van der Waals surface area contributed by atoms with Crippen LogP contribution in [0.1, 0.15) is 277 Å². The number of esters is 2. The fourth-order valence-electron chi connectivity index (χ4n) is 21.1. The Bertz CT molecular complexity index is 4260. The molecule has 650 valence electrons. The number of amides is 3. The van der Waals surface area contributed by atoms with Crippen molar-refractivity contribution in [1.29, 1.82) is 0 Å². The normalized spacial score (nSPS) is 29.5. The Balaban J connectivity index is 0.000000151. The van der Waals surface area contributed by atoms with E-state index in [0.29, 0.717) is 78.4 Å². The van der Waals surface area contributed by atoms with Crippen LogP contribution in [-0.4, -0.2) is 158 Å². The van der Waals surface area contributed by atoms with Crippen molar-refractivity contribution in [3.8, 4) is 0 Å². The van der Waals surface area contributed by atoms with E-state index in [4.69, 9.17) is 28.8 Å². The van der Waals surface area contributed by atoms with Crippen LogP contribution in [0.3, 0.4) is 0 Å². The molecule has 3 saturated heterocycles. The summed E-state index contributed by atoms with van der Waals surface area (Å²) in [7, 11) is 0. The molecule has 15 fully saturated rings. The fourth-order valence-corrected chi connectivity index (χ4v) is 23.6. The molecule has 3 atom stereocenters. The van der Waals surface area contributed by atoms with Crippen molar-refractivity contribution in [2.45, 2.75) is 312 Å². The SMILES string of the molecule is CC(C)(C)OC(=O)N1CCC[C@H]1C(=O)O.CC(C)(C)OC(=O)N1CCC[C@H]1C(=O)OCC(=O)C12CCC(c3ccc(Br)cc3)(CC1)CC2.CC(C)(C)OC(=O)N1CCC[C@H]1C(=O)OCC(=O)C12CCC(c3cccc(Br)c3)(CC1)CC2.O=C(CBr)C12CCC(c3ccc(Br)cc3)(CC1)CC2.O=C(CBr)C12CCC(c3cccc(Br)c3)(CC1)CC2. The largest absolute Gasteiger partial charge is 0.480 e. The molecule has 3 amide bonds. The summed E-state index contributed by atoms with van der Waals surface area (Å²) in [4.78, 5) is 128. The highest BCUT2D eigenvalue weighted by atomic mass is 79.9. The van der Waals surface area contributed by atoms with Crippen molar-refractivity contribution in [2.75, 3.05) is 43.5 Å². The van der Waals surface area contributed by atoms with Gasteiger partial charge in [-0.25, -0.2) is 28.8 Å². The number of ketones is 4. The molecule has 15 aliphatic rings. The molecule has 0 spiro atoms. The number of alkyl halides is 2. The molecule has 0 radical (unpaired) electrons. The van der Waals surface area contributed by atoms with Crippen LogP contribution < -0.4 is 0 Å². The molecule has 119 heavy (non-hydrogen) atoms. The number of hydrogen-bond acceptors (Lipinski definition) is 15. The smallest absolute Gasteiger partial charge is 0.411 e. The number of rotatable bonds is 17. The van der Waals surface area contributed by atoms with Crippen molar-refractivity contribution < 1.29 is 76.7 Å². The number of benzene rings is 4. The monoisotopic (exact) mass is 2020 g/mol. The molecule has 12 aliphatic carbocycles. The number of carboxylic acid groups (broad SMARTS) is 1. The van der Waals surface area contributed by atoms with E-state index in [2.05, 4.69) is 187 Å². The maximum Gasteiger partial charge on any atom is 0.411 e. The summed E-state index contributed by atoms with van der Waals surface area (Å²) in [5.74, 6) is -1.05. The van der Waals surface area contributed by atoms with Gasteiger partial charge in [-0.05, 0) is 347 Å². The molecule has 0 unspecified atom stereocenters. The number of halogens is 6. The highest BCUT2D eigenvalue weighted by molar-refractivity contribution is 9.11. The first-order valence-corrected chi connectivity index (χ1v) is 48.4. The zero-order chi connectivity index (χ0) is 86.4. The number of ether oxygens (including phenoxy) is 5. The van der Waals surface area contributed by atoms with E-state index >= 15 is 0 Å². The van der Waals surface area contributed by atoms with Gasteiger partial charge in [-0.3, -0.25) is 33.9 Å². The first-order chi connectivity index (χ1) is 56.1. The third kappa shape index (κ3) is 22.1. The van der Waals surface area contributed by atoms with E-state index in [1.54, 1.807) is 62.3 Å². The predicted molar refractivity (Wildman–Crippen MR) is 479 cm³/mol. The second-order valence-electron chi connectivity index (χ2n) is 38.8. The number of aliphatic carboxylic acids is 1. The average molecular weight is 2030 g/mol. The number of likely N-dealkylation sites (tertiary alicyclic amines) is 3. The number of hydrogen-bond donors (Lipinski definition) is 1. The molecule has 0 aromatic heterocycles. The third-order valence-corrected chi connectivity index (χ3v) is 31.6. The van der Waals surface area contributed by atoms with Crippen LogP contribution in [0.5, 0.6) is 0 Å². The van der Waals surface area contributed by atoms with Crippen LogP contribution in [0.2, 0.25) is 0 Å². The molecular formula is C94H121Br6N3O16. The fraction of sp³-hybridized carbons (Fsp3) is 0.638. The van der Waals surface area contributed by atoms with Crippen molar-refractivity contribution in [2.24, 2.45) is 21.7 Å². The number of carbonyl (C=O) groups is 10. The molecule has 3 aliphatic heterocycles. The van der Waals surface area contributed by atoms with Crippen LogP contribution >= 0.6 is 95.6 Å². The van der Waals surface area contributed by atoms with Gasteiger partial charge >= 0.3 is 36.2 Å². The van der Waals surface area contributed by atoms with Crippen molar-refractivity contribution >= 4 is 155 Å². The third-order valence-electron chi connectivity index (χ3n) is 28.5. The molecular weight excluding hydrogens is 1910 g/mol. The molecule has 8 bridgehead atoms. The Labute approximate surface area is 754 Å². The highest BCUT2D eigenvalue weighted by Crippen LogP contribution is 2.62. The summed E-state index contributed by atoms with van der Waals surface area (Å²) in [5.41, 5.74) is 4.04. The summed E-state index contributed by atoms with van der Waals surface area (Å²) in [6.07, 6.45) is 26.6. The van der Waals surface area contributed by atoms with Gasteiger partial charge in [0.1, 0.15) is 46.5 Å². The zero-order valence-electron chi connectivity index (χ0n) is 70.8. The Hall–Kier alpha value is -5.34. The Morgan fingerprint density at radius 2 is 0.597 bits per heavy atom. The highest BCUT2D eigenvalue weighted by Gasteiger charge is 2.57. The Morgan fingerprint density at radius 1 is 0.345 bits per heavy atom. The van der Waals surface area contributed by atoms with Gasteiger partial charge in [0.05, 0.1) is 10.7 Å².